The Balaban J connectivity index is 1.94. The fourth-order valence-electron chi connectivity index (χ4n) is 3.13. The monoisotopic (exact) mass is 404 g/mol. The van der Waals surface area contributed by atoms with Gasteiger partial charge in [0.15, 0.2) is 11.5 Å². The van der Waals surface area contributed by atoms with Crippen LogP contribution in [0, 0.1) is 12.7 Å². The number of rotatable bonds is 12. The van der Waals surface area contributed by atoms with Crippen molar-refractivity contribution in [3.05, 3.63) is 58.9 Å². The van der Waals surface area contributed by atoms with Crippen molar-refractivity contribution in [2.45, 2.75) is 40.0 Å². The highest BCUT2D eigenvalue weighted by Gasteiger charge is 2.12. The average Bonchev–Trinajstić information content (AvgIpc) is 2.73. The maximum absolute atomic E-state index is 13.4. The Bertz CT molecular complexity index is 766. The number of benzene rings is 2. The third-order valence-electron chi connectivity index (χ3n) is 4.98. The van der Waals surface area contributed by atoms with Gasteiger partial charge in [0, 0.05) is 19.6 Å². The van der Waals surface area contributed by atoms with Gasteiger partial charge in [-0.05, 0) is 61.0 Å². The second-order valence-corrected chi connectivity index (χ2v) is 7.11. The molecule has 0 spiro atoms. The van der Waals surface area contributed by atoms with Crippen molar-refractivity contribution in [1.29, 1.82) is 0 Å². The Hall–Kier alpha value is -2.15. The molecule has 2 aromatic rings. The minimum atomic E-state index is -0.572. The molecule has 160 valence electrons. The van der Waals surface area contributed by atoms with Crippen LogP contribution in [0.25, 0.3) is 0 Å². The maximum atomic E-state index is 13.4. The summed E-state index contributed by atoms with van der Waals surface area (Å²) in [6.07, 6.45) is -0.572. The molecule has 6 heteroatoms. The number of aryl methyl sites for hydroxylation is 1. The van der Waals surface area contributed by atoms with Gasteiger partial charge in [-0.1, -0.05) is 26.0 Å². The molecule has 2 rings (SSSR count). The van der Waals surface area contributed by atoms with Crippen LogP contribution in [0.2, 0.25) is 0 Å². The molecule has 0 amide bonds. The molecule has 5 nitrogen and oxygen atoms in total. The Morgan fingerprint density at radius 3 is 2.52 bits per heavy atom. The number of hydrogen-bond acceptors (Lipinski definition) is 5. The zero-order chi connectivity index (χ0) is 21.2. The number of nitrogens with one attached hydrogen (secondary N) is 1. The van der Waals surface area contributed by atoms with Crippen molar-refractivity contribution in [3.8, 4) is 11.5 Å². The molecule has 0 heterocycles. The number of aliphatic hydroxyl groups excluding tert-OH is 1. The van der Waals surface area contributed by atoms with Crippen LogP contribution in [0.3, 0.4) is 0 Å². The summed E-state index contributed by atoms with van der Waals surface area (Å²) in [5.41, 5.74) is 3.02. The summed E-state index contributed by atoms with van der Waals surface area (Å²) in [5.74, 6) is 1.01. The second kappa shape index (κ2) is 11.8. The van der Waals surface area contributed by atoms with Gasteiger partial charge in [-0.15, -0.1) is 0 Å². The van der Waals surface area contributed by atoms with E-state index in [4.69, 9.17) is 9.47 Å². The number of methoxy groups -OCH3 is 1. The van der Waals surface area contributed by atoms with E-state index in [0.29, 0.717) is 31.1 Å². The minimum absolute atomic E-state index is 0.201. The van der Waals surface area contributed by atoms with Gasteiger partial charge in [-0.25, -0.2) is 4.39 Å². The number of halogens is 1. The highest BCUT2D eigenvalue weighted by molar-refractivity contribution is 5.43. The summed E-state index contributed by atoms with van der Waals surface area (Å²) < 4.78 is 24.6. The first-order valence-corrected chi connectivity index (χ1v) is 10.1. The highest BCUT2D eigenvalue weighted by Crippen LogP contribution is 2.28. The highest BCUT2D eigenvalue weighted by atomic mass is 19.1. The van der Waals surface area contributed by atoms with Gasteiger partial charge >= 0.3 is 0 Å². The predicted octanol–water partition coefficient (Wildman–Crippen LogP) is 3.51. The van der Waals surface area contributed by atoms with Crippen LogP contribution in [0.1, 0.15) is 30.5 Å². The van der Waals surface area contributed by atoms with E-state index in [9.17, 15) is 9.50 Å². The molecular formula is C23H33FN2O3. The number of ether oxygens (including phenoxy) is 2. The van der Waals surface area contributed by atoms with Gasteiger partial charge in [0.25, 0.3) is 0 Å². The summed E-state index contributed by atoms with van der Waals surface area (Å²) in [7, 11) is 1.60. The van der Waals surface area contributed by atoms with Gasteiger partial charge < -0.3 is 24.8 Å². The van der Waals surface area contributed by atoms with Gasteiger partial charge in [0.05, 0.1) is 7.11 Å². The molecule has 29 heavy (non-hydrogen) atoms. The van der Waals surface area contributed by atoms with E-state index >= 15 is 0 Å². The topological polar surface area (TPSA) is 54.0 Å². The Labute approximate surface area is 173 Å². The molecule has 0 fully saturated rings. The molecule has 0 unspecified atom stereocenters. The number of hydrogen-bond donors (Lipinski definition) is 2. The fourth-order valence-corrected chi connectivity index (χ4v) is 3.13. The second-order valence-electron chi connectivity index (χ2n) is 7.11. The molecule has 2 aromatic carbocycles. The first-order chi connectivity index (χ1) is 14.0. The molecule has 0 saturated carbocycles. The first-order valence-electron chi connectivity index (χ1n) is 10.1. The van der Waals surface area contributed by atoms with E-state index in [0.717, 1.165) is 29.8 Å². The van der Waals surface area contributed by atoms with Crippen LogP contribution in [0.4, 0.5) is 4.39 Å². The lowest BCUT2D eigenvalue weighted by molar-refractivity contribution is 0.0705. The minimum Gasteiger partial charge on any atom is -0.493 e. The van der Waals surface area contributed by atoms with Crippen molar-refractivity contribution in [2.75, 3.05) is 33.4 Å². The molecule has 0 aliphatic heterocycles. The van der Waals surface area contributed by atoms with Gasteiger partial charge in [-0.3, -0.25) is 0 Å². The molecule has 2 N–H and O–H groups in total. The normalized spacial score (nSPS) is 12.2. The van der Waals surface area contributed by atoms with E-state index in [1.807, 2.05) is 25.1 Å². The van der Waals surface area contributed by atoms with Crippen LogP contribution in [-0.4, -0.2) is 49.5 Å². The summed E-state index contributed by atoms with van der Waals surface area (Å²) in [6.45, 7) is 9.86. The van der Waals surface area contributed by atoms with Gasteiger partial charge in [0.1, 0.15) is 18.5 Å². The van der Waals surface area contributed by atoms with E-state index in [1.165, 1.54) is 6.07 Å². The number of nitrogens with zero attached hydrogens (tertiary/aromatic N) is 1. The lowest BCUT2D eigenvalue weighted by atomic mass is 10.1. The van der Waals surface area contributed by atoms with Crippen molar-refractivity contribution in [1.82, 2.24) is 10.2 Å². The SMILES string of the molecule is CCN(CC)C[C@H](O)COc1cc(CNCc2cc(F)ccc2C)ccc1OC. The third-order valence-corrected chi connectivity index (χ3v) is 4.98. The zero-order valence-corrected chi connectivity index (χ0v) is 17.9. The van der Waals surface area contributed by atoms with Crippen molar-refractivity contribution >= 4 is 0 Å². The average molecular weight is 405 g/mol. The van der Waals surface area contributed by atoms with Gasteiger partial charge in [0.2, 0.25) is 0 Å². The third kappa shape index (κ3) is 7.31. The van der Waals surface area contributed by atoms with Crippen LogP contribution < -0.4 is 14.8 Å². The summed E-state index contributed by atoms with van der Waals surface area (Å²) in [5, 5.41) is 13.6. The number of aliphatic hydroxyl groups is 1. The van der Waals surface area contributed by atoms with E-state index in [1.54, 1.807) is 19.2 Å². The molecule has 0 radical (unpaired) electrons. The fraction of sp³-hybridized carbons (Fsp3) is 0.478. The standard InChI is InChI=1S/C23H33FN2O3/c1-5-26(6-2)15-21(27)16-29-23-11-18(8-10-22(23)28-4)13-25-14-19-12-20(24)9-7-17(19)3/h7-12,21,25,27H,5-6,13-16H2,1-4H3/t21-/m0/s1. The molecular weight excluding hydrogens is 371 g/mol. The Kier molecular flexibility index (Phi) is 9.38. The van der Waals surface area contributed by atoms with Crippen molar-refractivity contribution < 1.29 is 19.0 Å². The lowest BCUT2D eigenvalue weighted by Gasteiger charge is -2.22. The maximum Gasteiger partial charge on any atom is 0.161 e. The van der Waals surface area contributed by atoms with Crippen LogP contribution in [-0.2, 0) is 13.1 Å². The molecule has 1 atom stereocenters. The Morgan fingerprint density at radius 2 is 1.83 bits per heavy atom. The quantitative estimate of drug-likeness (QED) is 0.567. The van der Waals surface area contributed by atoms with Crippen LogP contribution in [0.15, 0.2) is 36.4 Å². The van der Waals surface area contributed by atoms with Crippen LogP contribution >= 0.6 is 0 Å². The zero-order valence-electron chi connectivity index (χ0n) is 17.9. The van der Waals surface area contributed by atoms with Gasteiger partial charge in [-0.2, -0.15) is 0 Å². The smallest absolute Gasteiger partial charge is 0.161 e. The number of likely N-dealkylation sites (N-methyl/N-ethyl adjacent to an activating group) is 1. The van der Waals surface area contributed by atoms with E-state index in [2.05, 4.69) is 24.1 Å². The summed E-state index contributed by atoms with van der Waals surface area (Å²) in [6, 6.07) is 10.5. The molecule has 0 saturated heterocycles. The predicted molar refractivity (Wildman–Crippen MR) is 114 cm³/mol. The van der Waals surface area contributed by atoms with E-state index < -0.39 is 6.10 Å². The Morgan fingerprint density at radius 1 is 1.07 bits per heavy atom. The van der Waals surface area contributed by atoms with Crippen LogP contribution in [0.5, 0.6) is 11.5 Å². The van der Waals surface area contributed by atoms with Crippen molar-refractivity contribution in [3.63, 3.8) is 0 Å². The van der Waals surface area contributed by atoms with E-state index in [-0.39, 0.29) is 12.4 Å². The molecule has 0 aliphatic carbocycles. The lowest BCUT2D eigenvalue weighted by Crippen LogP contribution is -2.35. The molecule has 0 aromatic heterocycles. The first kappa shape index (κ1) is 23.1. The summed E-state index contributed by atoms with van der Waals surface area (Å²) in [4.78, 5) is 2.15. The largest absolute Gasteiger partial charge is 0.493 e. The van der Waals surface area contributed by atoms with Crippen molar-refractivity contribution in [2.24, 2.45) is 0 Å². The molecule has 0 bridgehead atoms. The summed E-state index contributed by atoms with van der Waals surface area (Å²) >= 11 is 0. The molecule has 0 aliphatic rings.